The summed E-state index contributed by atoms with van der Waals surface area (Å²) in [6.45, 7) is 7.90. The first-order chi connectivity index (χ1) is 7.77. The van der Waals surface area contributed by atoms with Crippen molar-refractivity contribution < 1.29 is 9.90 Å². The van der Waals surface area contributed by atoms with E-state index < -0.39 is 11.4 Å². The lowest BCUT2D eigenvalue weighted by atomic mass is 9.82. The van der Waals surface area contributed by atoms with Gasteiger partial charge in [-0.25, -0.2) is 4.79 Å². The lowest BCUT2D eigenvalue weighted by Gasteiger charge is -2.20. The molecule has 0 unspecified atom stereocenters. The van der Waals surface area contributed by atoms with Crippen LogP contribution in [0.25, 0.3) is 0 Å². The van der Waals surface area contributed by atoms with Crippen LogP contribution >= 0.6 is 0 Å². The van der Waals surface area contributed by atoms with E-state index in [9.17, 15) is 4.79 Å². The summed E-state index contributed by atoms with van der Waals surface area (Å²) in [5.41, 5.74) is 1.73. The Balaban J connectivity index is 3.43. The number of hydrogen-bond acceptors (Lipinski definition) is 1. The van der Waals surface area contributed by atoms with Crippen LogP contribution < -0.4 is 0 Å². The fraction of sp³-hybridized carbons (Fsp3) is 0.400. The zero-order valence-electron chi connectivity index (χ0n) is 10.7. The Hall–Kier alpha value is -1.75. The van der Waals surface area contributed by atoms with E-state index in [-0.39, 0.29) is 5.92 Å². The predicted octanol–water partition coefficient (Wildman–Crippen LogP) is 3.42. The molecule has 0 saturated heterocycles. The molecule has 1 rings (SSSR count). The zero-order chi connectivity index (χ0) is 13.2. The van der Waals surface area contributed by atoms with Crippen LogP contribution in [-0.2, 0) is 5.41 Å². The quantitative estimate of drug-likeness (QED) is 0.808. The van der Waals surface area contributed by atoms with Crippen molar-refractivity contribution in [1.29, 1.82) is 0 Å². The minimum Gasteiger partial charge on any atom is -0.478 e. The standard InChI is InChI=1S/C15H18O2/c1-6-15(4,5)13-8-11(10(2)3)7-12(9-13)14(16)17/h1,7-10H,2-5H3,(H,16,17). The van der Waals surface area contributed by atoms with Crippen LogP contribution in [0.2, 0.25) is 0 Å². The summed E-state index contributed by atoms with van der Waals surface area (Å²) in [7, 11) is 0. The van der Waals surface area contributed by atoms with Gasteiger partial charge in [-0.15, -0.1) is 6.42 Å². The molecule has 0 amide bonds. The molecule has 0 spiro atoms. The summed E-state index contributed by atoms with van der Waals surface area (Å²) in [6.07, 6.45) is 5.49. The number of rotatable bonds is 3. The van der Waals surface area contributed by atoms with Gasteiger partial charge in [-0.3, -0.25) is 0 Å². The number of hydrogen-bond donors (Lipinski definition) is 1. The molecule has 0 radical (unpaired) electrons. The molecule has 90 valence electrons. The Morgan fingerprint density at radius 3 is 2.35 bits per heavy atom. The normalized spacial score (nSPS) is 11.3. The highest BCUT2D eigenvalue weighted by Gasteiger charge is 2.20. The van der Waals surface area contributed by atoms with Crippen LogP contribution in [-0.4, -0.2) is 11.1 Å². The van der Waals surface area contributed by atoms with E-state index in [0.29, 0.717) is 5.56 Å². The highest BCUT2D eigenvalue weighted by atomic mass is 16.4. The molecule has 0 aliphatic heterocycles. The Morgan fingerprint density at radius 2 is 1.94 bits per heavy atom. The molecular weight excluding hydrogens is 212 g/mol. The fourth-order valence-corrected chi connectivity index (χ4v) is 1.55. The smallest absolute Gasteiger partial charge is 0.335 e. The van der Waals surface area contributed by atoms with Crippen molar-refractivity contribution in [3.8, 4) is 12.3 Å². The van der Waals surface area contributed by atoms with Gasteiger partial charge in [0.15, 0.2) is 0 Å². The van der Waals surface area contributed by atoms with Crippen LogP contribution in [0.3, 0.4) is 0 Å². The van der Waals surface area contributed by atoms with Crippen LogP contribution in [0.5, 0.6) is 0 Å². The first-order valence-corrected chi connectivity index (χ1v) is 5.64. The molecule has 1 N–H and O–H groups in total. The molecule has 2 heteroatoms. The molecule has 0 bridgehead atoms. The Morgan fingerprint density at radius 1 is 1.35 bits per heavy atom. The van der Waals surface area contributed by atoms with E-state index >= 15 is 0 Å². The molecule has 2 nitrogen and oxygen atoms in total. The second-order valence-corrected chi connectivity index (χ2v) is 5.07. The largest absolute Gasteiger partial charge is 0.478 e. The second kappa shape index (κ2) is 4.63. The van der Waals surface area contributed by atoms with Gasteiger partial charge in [0.05, 0.1) is 11.0 Å². The molecule has 0 fully saturated rings. The topological polar surface area (TPSA) is 37.3 Å². The maximum atomic E-state index is 11.1. The molecule has 1 aromatic rings. The average molecular weight is 230 g/mol. The van der Waals surface area contributed by atoms with Crippen LogP contribution in [0.1, 0.15) is 55.1 Å². The number of benzene rings is 1. The molecule has 1 aromatic carbocycles. The molecular formula is C15H18O2. The summed E-state index contributed by atoms with van der Waals surface area (Å²) < 4.78 is 0. The molecule has 0 aliphatic carbocycles. The molecule has 0 aliphatic rings. The maximum Gasteiger partial charge on any atom is 0.335 e. The molecule has 17 heavy (non-hydrogen) atoms. The summed E-state index contributed by atoms with van der Waals surface area (Å²) >= 11 is 0. The maximum absolute atomic E-state index is 11.1. The number of carboxylic acid groups (broad SMARTS) is 1. The first-order valence-electron chi connectivity index (χ1n) is 5.64. The lowest BCUT2D eigenvalue weighted by molar-refractivity contribution is 0.0696. The Bertz CT molecular complexity index is 476. The summed E-state index contributed by atoms with van der Waals surface area (Å²) in [5, 5.41) is 9.10. The van der Waals surface area contributed by atoms with E-state index in [0.717, 1.165) is 11.1 Å². The van der Waals surface area contributed by atoms with Crippen molar-refractivity contribution in [2.45, 2.75) is 39.0 Å². The third-order valence-electron chi connectivity index (χ3n) is 2.95. The van der Waals surface area contributed by atoms with Gasteiger partial charge in [0.2, 0.25) is 0 Å². The Labute approximate surface area is 103 Å². The number of carbonyl (C=O) groups is 1. The fourth-order valence-electron chi connectivity index (χ4n) is 1.55. The van der Waals surface area contributed by atoms with Crippen molar-refractivity contribution in [2.75, 3.05) is 0 Å². The lowest BCUT2D eigenvalue weighted by Crippen LogP contribution is -2.15. The van der Waals surface area contributed by atoms with Crippen molar-refractivity contribution >= 4 is 5.97 Å². The highest BCUT2D eigenvalue weighted by Crippen LogP contribution is 2.27. The van der Waals surface area contributed by atoms with Gasteiger partial charge in [0, 0.05) is 0 Å². The predicted molar refractivity (Wildman–Crippen MR) is 69.3 cm³/mol. The molecule has 0 saturated carbocycles. The van der Waals surface area contributed by atoms with Crippen molar-refractivity contribution in [3.05, 3.63) is 34.9 Å². The SMILES string of the molecule is C#CC(C)(C)c1cc(C(=O)O)cc(C(C)C)c1. The Kier molecular flexibility index (Phi) is 3.63. The zero-order valence-corrected chi connectivity index (χ0v) is 10.7. The monoisotopic (exact) mass is 230 g/mol. The summed E-state index contributed by atoms with van der Waals surface area (Å²) in [4.78, 5) is 11.1. The van der Waals surface area contributed by atoms with E-state index in [1.54, 1.807) is 12.1 Å². The van der Waals surface area contributed by atoms with E-state index in [1.807, 2.05) is 33.8 Å². The molecule has 0 heterocycles. The number of terminal acetylenes is 1. The summed E-state index contributed by atoms with van der Waals surface area (Å²) in [6, 6.07) is 5.37. The van der Waals surface area contributed by atoms with Gasteiger partial charge in [-0.05, 0) is 43.0 Å². The van der Waals surface area contributed by atoms with E-state index in [2.05, 4.69) is 5.92 Å². The minimum atomic E-state index is -0.915. The van der Waals surface area contributed by atoms with E-state index in [1.165, 1.54) is 0 Å². The summed E-state index contributed by atoms with van der Waals surface area (Å²) in [5.74, 6) is 2.06. The van der Waals surface area contributed by atoms with Gasteiger partial charge in [-0.1, -0.05) is 25.8 Å². The van der Waals surface area contributed by atoms with Gasteiger partial charge in [-0.2, -0.15) is 0 Å². The third-order valence-corrected chi connectivity index (χ3v) is 2.95. The van der Waals surface area contributed by atoms with Crippen LogP contribution in [0, 0.1) is 12.3 Å². The number of aromatic carboxylic acids is 1. The molecule has 0 atom stereocenters. The average Bonchev–Trinajstić information content (AvgIpc) is 2.28. The number of carboxylic acids is 1. The van der Waals surface area contributed by atoms with Gasteiger partial charge in [0.25, 0.3) is 0 Å². The van der Waals surface area contributed by atoms with Gasteiger partial charge < -0.3 is 5.11 Å². The second-order valence-electron chi connectivity index (χ2n) is 5.07. The van der Waals surface area contributed by atoms with Crippen molar-refractivity contribution in [1.82, 2.24) is 0 Å². The minimum absolute atomic E-state index is 0.279. The van der Waals surface area contributed by atoms with Crippen molar-refractivity contribution in [2.24, 2.45) is 0 Å². The third kappa shape index (κ3) is 2.88. The van der Waals surface area contributed by atoms with Crippen molar-refractivity contribution in [3.63, 3.8) is 0 Å². The van der Waals surface area contributed by atoms with Crippen LogP contribution in [0.4, 0.5) is 0 Å². The van der Waals surface area contributed by atoms with Crippen LogP contribution in [0.15, 0.2) is 18.2 Å². The first kappa shape index (κ1) is 13.3. The van der Waals surface area contributed by atoms with Gasteiger partial charge in [0.1, 0.15) is 0 Å². The van der Waals surface area contributed by atoms with Gasteiger partial charge >= 0.3 is 5.97 Å². The molecule has 0 aromatic heterocycles. The van der Waals surface area contributed by atoms with E-state index in [4.69, 9.17) is 11.5 Å². The highest BCUT2D eigenvalue weighted by molar-refractivity contribution is 5.88.